The van der Waals surface area contributed by atoms with Crippen LogP contribution < -0.4 is 0 Å². The van der Waals surface area contributed by atoms with Crippen LogP contribution in [0.25, 0.3) is 0 Å². The fraction of sp³-hybridized carbons (Fsp3) is 0.333. The van der Waals surface area contributed by atoms with E-state index >= 15 is 0 Å². The van der Waals surface area contributed by atoms with Crippen LogP contribution in [0.1, 0.15) is 42.9 Å². The molecule has 2 aromatic rings. The highest BCUT2D eigenvalue weighted by Gasteiger charge is 2.07. The number of rotatable bonds is 5. The van der Waals surface area contributed by atoms with Gasteiger partial charge < -0.3 is 0 Å². The van der Waals surface area contributed by atoms with Gasteiger partial charge in [0.15, 0.2) is 0 Å². The number of benzene rings is 2. The molecule has 0 saturated carbocycles. The summed E-state index contributed by atoms with van der Waals surface area (Å²) in [5.41, 5.74) is 3.94. The highest BCUT2D eigenvalue weighted by Crippen LogP contribution is 2.21. The van der Waals surface area contributed by atoms with E-state index < -0.39 is 0 Å². The zero-order chi connectivity index (χ0) is 13.7. The Morgan fingerprint density at radius 1 is 0.895 bits per heavy atom. The van der Waals surface area contributed by atoms with Crippen molar-refractivity contribution in [2.24, 2.45) is 0 Å². The first kappa shape index (κ1) is 13.8. The molecule has 0 saturated heterocycles. The lowest BCUT2D eigenvalue weighted by Crippen LogP contribution is -1.99. The van der Waals surface area contributed by atoms with Gasteiger partial charge >= 0.3 is 0 Å². The van der Waals surface area contributed by atoms with Crippen molar-refractivity contribution in [3.63, 3.8) is 0 Å². The van der Waals surface area contributed by atoms with Crippen molar-refractivity contribution >= 4 is 0 Å². The quantitative estimate of drug-likeness (QED) is 0.696. The minimum absolute atomic E-state index is 0.166. The first-order valence-electron chi connectivity index (χ1n) is 7.02. The molecular formula is C18H21F. The van der Waals surface area contributed by atoms with Crippen LogP contribution in [0.5, 0.6) is 0 Å². The Labute approximate surface area is 115 Å². The minimum atomic E-state index is -0.166. The Kier molecular flexibility index (Phi) is 4.73. The summed E-state index contributed by atoms with van der Waals surface area (Å²) in [5.74, 6) is 0.293. The summed E-state index contributed by atoms with van der Waals surface area (Å²) < 4.78 is 12.9. The molecule has 0 fully saturated rings. The second-order valence-electron chi connectivity index (χ2n) is 5.22. The van der Waals surface area contributed by atoms with Crippen LogP contribution in [0.4, 0.5) is 4.39 Å². The third kappa shape index (κ3) is 3.92. The van der Waals surface area contributed by atoms with E-state index in [4.69, 9.17) is 0 Å². The molecule has 1 atom stereocenters. The summed E-state index contributed by atoms with van der Waals surface area (Å²) in [5, 5.41) is 0. The molecule has 0 aromatic heterocycles. The van der Waals surface area contributed by atoms with Gasteiger partial charge in [-0.25, -0.2) is 4.39 Å². The average molecular weight is 256 g/mol. The molecule has 100 valence electrons. The Hall–Kier alpha value is -1.63. The fourth-order valence-corrected chi connectivity index (χ4v) is 2.39. The largest absolute Gasteiger partial charge is 0.207 e. The van der Waals surface area contributed by atoms with Crippen LogP contribution in [0, 0.1) is 5.82 Å². The van der Waals surface area contributed by atoms with Crippen molar-refractivity contribution in [3.8, 4) is 0 Å². The van der Waals surface area contributed by atoms with E-state index in [9.17, 15) is 4.39 Å². The molecule has 1 heteroatoms. The lowest BCUT2D eigenvalue weighted by molar-refractivity contribution is 0.626. The van der Waals surface area contributed by atoms with Crippen LogP contribution in [-0.4, -0.2) is 0 Å². The molecular weight excluding hydrogens is 235 g/mol. The first-order chi connectivity index (χ1) is 9.19. The molecule has 0 N–H and O–H groups in total. The number of hydrogen-bond acceptors (Lipinski definition) is 0. The van der Waals surface area contributed by atoms with Gasteiger partial charge in [-0.1, -0.05) is 56.7 Å². The topological polar surface area (TPSA) is 0 Å². The zero-order valence-electron chi connectivity index (χ0n) is 11.7. The molecule has 0 radical (unpaired) electrons. The average Bonchev–Trinajstić information content (AvgIpc) is 2.42. The maximum absolute atomic E-state index is 12.9. The number of halogens is 1. The summed E-state index contributed by atoms with van der Waals surface area (Å²) >= 11 is 0. The molecule has 0 heterocycles. The van der Waals surface area contributed by atoms with Crippen molar-refractivity contribution in [1.82, 2.24) is 0 Å². The van der Waals surface area contributed by atoms with Crippen LogP contribution >= 0.6 is 0 Å². The number of aryl methyl sites for hydroxylation is 1. The zero-order valence-corrected chi connectivity index (χ0v) is 11.7. The fourth-order valence-electron chi connectivity index (χ4n) is 2.39. The predicted octanol–water partition coefficient (Wildman–Crippen LogP) is 5.12. The smallest absolute Gasteiger partial charge is 0.123 e. The summed E-state index contributed by atoms with van der Waals surface area (Å²) in [6.07, 6.45) is 3.28. The van der Waals surface area contributed by atoms with Crippen LogP contribution in [-0.2, 0) is 12.8 Å². The molecule has 0 amide bonds. The highest BCUT2D eigenvalue weighted by molar-refractivity contribution is 5.27. The van der Waals surface area contributed by atoms with Gasteiger partial charge in [0.2, 0.25) is 0 Å². The SMILES string of the molecule is CCCc1ccc([C@H](C)Cc2ccc(F)cc2)cc1. The molecule has 0 aliphatic heterocycles. The Morgan fingerprint density at radius 3 is 2.05 bits per heavy atom. The molecule has 0 unspecified atom stereocenters. The van der Waals surface area contributed by atoms with Crippen molar-refractivity contribution in [2.75, 3.05) is 0 Å². The molecule has 2 rings (SSSR count). The maximum atomic E-state index is 12.9. The van der Waals surface area contributed by atoms with E-state index in [0.29, 0.717) is 5.92 Å². The van der Waals surface area contributed by atoms with Crippen molar-refractivity contribution in [3.05, 3.63) is 71.0 Å². The summed E-state index contributed by atoms with van der Waals surface area (Å²) in [4.78, 5) is 0. The second-order valence-corrected chi connectivity index (χ2v) is 5.22. The molecule has 2 aromatic carbocycles. The molecule has 0 bridgehead atoms. The summed E-state index contributed by atoms with van der Waals surface area (Å²) in [7, 11) is 0. The van der Waals surface area contributed by atoms with Crippen LogP contribution in [0.2, 0.25) is 0 Å². The maximum Gasteiger partial charge on any atom is 0.123 e. The van der Waals surface area contributed by atoms with Gasteiger partial charge in [0.1, 0.15) is 5.82 Å². The predicted molar refractivity (Wildman–Crippen MR) is 79.0 cm³/mol. The Bertz CT molecular complexity index is 496. The Balaban J connectivity index is 2.02. The highest BCUT2D eigenvalue weighted by atomic mass is 19.1. The lowest BCUT2D eigenvalue weighted by Gasteiger charge is -2.12. The van der Waals surface area contributed by atoms with E-state index in [2.05, 4.69) is 38.1 Å². The molecule has 19 heavy (non-hydrogen) atoms. The third-order valence-electron chi connectivity index (χ3n) is 3.54. The lowest BCUT2D eigenvalue weighted by atomic mass is 9.93. The van der Waals surface area contributed by atoms with Gasteiger partial charge in [-0.15, -0.1) is 0 Å². The monoisotopic (exact) mass is 256 g/mol. The van der Waals surface area contributed by atoms with E-state index in [-0.39, 0.29) is 5.82 Å². The molecule has 0 aliphatic rings. The first-order valence-corrected chi connectivity index (χ1v) is 7.02. The van der Waals surface area contributed by atoms with E-state index in [1.54, 1.807) is 0 Å². The van der Waals surface area contributed by atoms with Gasteiger partial charge in [0, 0.05) is 0 Å². The van der Waals surface area contributed by atoms with Gasteiger partial charge in [-0.05, 0) is 47.6 Å². The molecule has 0 spiro atoms. The normalized spacial score (nSPS) is 12.4. The van der Waals surface area contributed by atoms with Gasteiger partial charge in [0.05, 0.1) is 0 Å². The summed E-state index contributed by atoms with van der Waals surface area (Å²) in [6, 6.07) is 15.7. The van der Waals surface area contributed by atoms with Gasteiger partial charge in [-0.3, -0.25) is 0 Å². The van der Waals surface area contributed by atoms with E-state index in [1.807, 2.05) is 12.1 Å². The minimum Gasteiger partial charge on any atom is -0.207 e. The second kappa shape index (κ2) is 6.51. The third-order valence-corrected chi connectivity index (χ3v) is 3.54. The van der Waals surface area contributed by atoms with E-state index in [0.717, 1.165) is 12.8 Å². The Morgan fingerprint density at radius 2 is 1.47 bits per heavy atom. The standard InChI is InChI=1S/C18H21F/c1-3-4-15-5-9-17(10-6-15)14(2)13-16-7-11-18(19)12-8-16/h5-12,14H,3-4,13H2,1-2H3/t14-/m1/s1. The van der Waals surface area contributed by atoms with Crippen molar-refractivity contribution < 1.29 is 4.39 Å². The molecule has 0 nitrogen and oxygen atoms in total. The van der Waals surface area contributed by atoms with E-state index in [1.165, 1.54) is 35.2 Å². The number of hydrogen-bond donors (Lipinski definition) is 0. The molecule has 0 aliphatic carbocycles. The van der Waals surface area contributed by atoms with Crippen LogP contribution in [0.3, 0.4) is 0 Å². The van der Waals surface area contributed by atoms with Gasteiger partial charge in [-0.2, -0.15) is 0 Å². The van der Waals surface area contributed by atoms with Crippen LogP contribution in [0.15, 0.2) is 48.5 Å². The summed E-state index contributed by atoms with van der Waals surface area (Å²) in [6.45, 7) is 4.42. The van der Waals surface area contributed by atoms with Gasteiger partial charge in [0.25, 0.3) is 0 Å². The van der Waals surface area contributed by atoms with Crippen molar-refractivity contribution in [1.29, 1.82) is 0 Å². The van der Waals surface area contributed by atoms with Crippen molar-refractivity contribution in [2.45, 2.75) is 39.0 Å².